The second kappa shape index (κ2) is 6.08. The van der Waals surface area contributed by atoms with Gasteiger partial charge >= 0.3 is 7.05 Å². The molecule has 4 bridgehead atoms. The number of pyridine rings is 1. The molecule has 150 valence electrons. The Morgan fingerprint density at radius 2 is 2.00 bits per heavy atom. The number of fused-ring (bicyclic) bond motifs is 6. The Labute approximate surface area is 170 Å². The van der Waals surface area contributed by atoms with Crippen LogP contribution >= 0.6 is 0 Å². The van der Waals surface area contributed by atoms with Gasteiger partial charge < -0.3 is 19.7 Å². The van der Waals surface area contributed by atoms with Gasteiger partial charge in [0.15, 0.2) is 0 Å². The van der Waals surface area contributed by atoms with Gasteiger partial charge in [-0.05, 0) is 68.3 Å². The molecule has 0 amide bonds. The maximum atomic E-state index is 10.8. The lowest BCUT2D eigenvalue weighted by Crippen LogP contribution is -2.58. The number of aliphatic hydroxyl groups excluding tert-OH is 1. The summed E-state index contributed by atoms with van der Waals surface area (Å²) >= 11 is 0. The van der Waals surface area contributed by atoms with E-state index >= 15 is 0 Å². The standard InChI is InChI=1S/C22H27BN4O2/c28-18-10-15-8-12-6-13(18)9-14(7-12)19(15)21-20-16-2-3-24-22(16)25-11-17(20)23-27(26-21)4-1-5-29-23/h2-3,11-15,18-19,28H,1,4-10H2,(H,24,25)/t12?,13?,14?,15?,18-,19+/m1/s1. The van der Waals surface area contributed by atoms with Gasteiger partial charge in [0, 0.05) is 47.9 Å². The van der Waals surface area contributed by atoms with E-state index in [1.165, 1.54) is 41.4 Å². The third-order valence-electron chi connectivity index (χ3n) is 8.39. The summed E-state index contributed by atoms with van der Waals surface area (Å²) in [6, 6.07) is 2.15. The highest BCUT2D eigenvalue weighted by atomic mass is 16.4. The minimum Gasteiger partial charge on any atom is -0.412 e. The number of hydrogen-bond acceptors (Lipinski definition) is 5. The van der Waals surface area contributed by atoms with Crippen molar-refractivity contribution in [2.45, 2.75) is 44.6 Å². The van der Waals surface area contributed by atoms with E-state index in [0.29, 0.717) is 23.7 Å². The van der Waals surface area contributed by atoms with Crippen molar-refractivity contribution in [3.63, 3.8) is 0 Å². The van der Waals surface area contributed by atoms with Crippen molar-refractivity contribution in [1.29, 1.82) is 0 Å². The van der Waals surface area contributed by atoms with E-state index in [1.807, 2.05) is 12.4 Å². The van der Waals surface area contributed by atoms with Crippen LogP contribution in [-0.2, 0) is 4.65 Å². The Morgan fingerprint density at radius 3 is 2.93 bits per heavy atom. The summed E-state index contributed by atoms with van der Waals surface area (Å²) < 4.78 is 6.16. The van der Waals surface area contributed by atoms with Gasteiger partial charge in [-0.15, -0.1) is 0 Å². The van der Waals surface area contributed by atoms with E-state index in [0.717, 1.165) is 44.0 Å². The number of H-pyrrole nitrogens is 1. The van der Waals surface area contributed by atoms with Crippen LogP contribution in [0.25, 0.3) is 11.0 Å². The lowest BCUT2D eigenvalue weighted by Gasteiger charge is -2.46. The number of aliphatic hydroxyl groups is 1. The average Bonchev–Trinajstić information content (AvgIpc) is 3.15. The van der Waals surface area contributed by atoms with E-state index < -0.39 is 0 Å². The van der Waals surface area contributed by atoms with Crippen LogP contribution in [-0.4, -0.2) is 52.0 Å². The maximum Gasteiger partial charge on any atom is 0.471 e. The summed E-state index contributed by atoms with van der Waals surface area (Å²) in [7, 11) is -0.112. The quantitative estimate of drug-likeness (QED) is 0.732. The number of rotatable bonds is 1. The third kappa shape index (κ3) is 2.37. The zero-order chi connectivity index (χ0) is 19.1. The highest BCUT2D eigenvalue weighted by Gasteiger charge is 2.52. The summed E-state index contributed by atoms with van der Waals surface area (Å²) in [6.45, 7) is 1.72. The van der Waals surface area contributed by atoms with E-state index in [4.69, 9.17) is 9.76 Å². The molecule has 4 saturated carbocycles. The molecule has 2 aromatic heterocycles. The van der Waals surface area contributed by atoms with Gasteiger partial charge in [-0.3, -0.25) is 0 Å². The van der Waals surface area contributed by atoms with Crippen LogP contribution < -0.4 is 5.46 Å². The fraction of sp³-hybridized carbons (Fsp3) is 0.636. The van der Waals surface area contributed by atoms with Crippen LogP contribution in [0.4, 0.5) is 0 Å². The molecule has 4 unspecified atom stereocenters. The monoisotopic (exact) mass is 390 g/mol. The normalized spacial score (nSPS) is 38.0. The largest absolute Gasteiger partial charge is 0.471 e. The second-order valence-corrected chi connectivity index (χ2v) is 9.97. The molecule has 2 aliphatic heterocycles. The van der Waals surface area contributed by atoms with E-state index in [2.05, 4.69) is 21.0 Å². The van der Waals surface area contributed by atoms with Crippen LogP contribution in [0.2, 0.25) is 0 Å². The van der Waals surface area contributed by atoms with E-state index in [1.54, 1.807) is 0 Å². The van der Waals surface area contributed by atoms with Crippen LogP contribution in [0.3, 0.4) is 0 Å². The van der Waals surface area contributed by atoms with Gasteiger partial charge in [-0.2, -0.15) is 5.10 Å². The van der Waals surface area contributed by atoms with E-state index in [9.17, 15) is 5.11 Å². The molecular formula is C22H27BN4O2. The van der Waals surface area contributed by atoms with Crippen molar-refractivity contribution in [2.24, 2.45) is 34.7 Å². The summed E-state index contributed by atoms with van der Waals surface area (Å²) in [5.41, 5.74) is 4.61. The molecule has 8 rings (SSSR count). The Balaban J connectivity index is 1.42. The fourth-order valence-electron chi connectivity index (χ4n) is 7.38. The molecule has 2 aromatic rings. The molecule has 4 heterocycles. The number of aromatic amines is 1. The molecule has 29 heavy (non-hydrogen) atoms. The Kier molecular flexibility index (Phi) is 3.54. The maximum absolute atomic E-state index is 10.8. The average molecular weight is 390 g/mol. The number of aromatic nitrogens is 2. The minimum atomic E-state index is -0.128. The lowest BCUT2D eigenvalue weighted by atomic mass is 9.58. The molecule has 0 spiro atoms. The van der Waals surface area contributed by atoms with Crippen molar-refractivity contribution in [2.75, 3.05) is 13.2 Å². The first-order chi connectivity index (χ1) is 14.3. The molecule has 6 nitrogen and oxygen atoms in total. The van der Waals surface area contributed by atoms with Crippen LogP contribution in [0.15, 0.2) is 23.6 Å². The number of hydrogen-bond donors (Lipinski definition) is 2. The van der Waals surface area contributed by atoms with Crippen molar-refractivity contribution < 1.29 is 9.76 Å². The predicted octanol–water partition coefficient (Wildman–Crippen LogP) is 2.13. The number of nitrogens with one attached hydrogen (secondary N) is 1. The first-order valence-electron chi connectivity index (χ1n) is 11.4. The molecule has 6 atom stereocenters. The molecule has 1 saturated heterocycles. The van der Waals surface area contributed by atoms with Crippen molar-refractivity contribution >= 4 is 29.3 Å². The third-order valence-corrected chi connectivity index (χ3v) is 8.39. The predicted molar refractivity (Wildman–Crippen MR) is 112 cm³/mol. The zero-order valence-electron chi connectivity index (χ0n) is 16.6. The minimum absolute atomic E-state index is 0.112. The molecule has 5 fully saturated rings. The zero-order valence-corrected chi connectivity index (χ0v) is 16.6. The van der Waals surface area contributed by atoms with Crippen molar-refractivity contribution in [3.05, 3.63) is 24.0 Å². The van der Waals surface area contributed by atoms with Gasteiger partial charge in [0.2, 0.25) is 0 Å². The molecule has 7 heteroatoms. The lowest BCUT2D eigenvalue weighted by molar-refractivity contribution is 0.0629. The van der Waals surface area contributed by atoms with Crippen molar-refractivity contribution in [3.8, 4) is 0 Å². The Hall–Kier alpha value is -1.86. The van der Waals surface area contributed by atoms with Gasteiger partial charge in [-0.1, -0.05) is 0 Å². The van der Waals surface area contributed by atoms with Gasteiger partial charge in [0.1, 0.15) is 5.65 Å². The first-order valence-corrected chi connectivity index (χ1v) is 11.4. The first kappa shape index (κ1) is 16.9. The van der Waals surface area contributed by atoms with Crippen molar-refractivity contribution in [1.82, 2.24) is 14.9 Å². The van der Waals surface area contributed by atoms with Crippen LogP contribution in [0, 0.1) is 29.6 Å². The topological polar surface area (TPSA) is 73.7 Å². The highest BCUT2D eigenvalue weighted by molar-refractivity contribution is 6.67. The summed E-state index contributed by atoms with van der Waals surface area (Å²) in [5.74, 6) is 2.92. The second-order valence-electron chi connectivity index (χ2n) is 9.97. The highest BCUT2D eigenvalue weighted by Crippen LogP contribution is 2.55. The molecule has 6 aliphatic rings. The Morgan fingerprint density at radius 1 is 1.14 bits per heavy atom. The molecule has 2 N–H and O–H groups in total. The Bertz CT molecular complexity index is 1010. The SMILES string of the molecule is O[C@@H]1CC2CC3CC(CC1C3)[C@@H]2C1=NN2CCCOB2c2cnc3[nH]ccc3c21. The molecule has 4 aliphatic carbocycles. The molecular weight excluding hydrogens is 363 g/mol. The smallest absolute Gasteiger partial charge is 0.412 e. The van der Waals surface area contributed by atoms with Gasteiger partial charge in [0.05, 0.1) is 11.8 Å². The molecule has 0 radical (unpaired) electrons. The van der Waals surface area contributed by atoms with Crippen LogP contribution in [0.1, 0.15) is 44.1 Å². The fourth-order valence-corrected chi connectivity index (χ4v) is 7.38. The number of hydrazone groups is 1. The van der Waals surface area contributed by atoms with E-state index in [-0.39, 0.29) is 13.2 Å². The summed E-state index contributed by atoms with van der Waals surface area (Å²) in [6.07, 6.45) is 10.8. The van der Waals surface area contributed by atoms with Gasteiger partial charge in [-0.25, -0.2) is 4.98 Å². The molecule has 0 aromatic carbocycles. The summed E-state index contributed by atoms with van der Waals surface area (Å²) in [5, 5.41) is 17.3. The van der Waals surface area contributed by atoms with Crippen LogP contribution in [0.5, 0.6) is 0 Å². The summed E-state index contributed by atoms with van der Waals surface area (Å²) in [4.78, 5) is 10.1. The van der Waals surface area contributed by atoms with Gasteiger partial charge in [0.25, 0.3) is 0 Å². The number of nitrogens with zero attached hydrogens (tertiary/aromatic N) is 3.